The molecule has 3 N–H and O–H groups in total. The van der Waals surface area contributed by atoms with Crippen LogP contribution in [0.5, 0.6) is 11.5 Å². The predicted octanol–water partition coefficient (Wildman–Crippen LogP) is 3.50. The van der Waals surface area contributed by atoms with Crippen molar-refractivity contribution in [2.24, 2.45) is 5.10 Å². The first-order chi connectivity index (χ1) is 13.1. The number of methoxy groups -OCH3 is 1. The van der Waals surface area contributed by atoms with Crippen molar-refractivity contribution in [1.29, 1.82) is 0 Å². The Bertz CT molecular complexity index is 985. The number of hydrogen-bond acceptors (Lipinski definition) is 5. The summed E-state index contributed by atoms with van der Waals surface area (Å²) in [5, 5.41) is 19.0. The van der Waals surface area contributed by atoms with Crippen molar-refractivity contribution in [3.63, 3.8) is 0 Å². The number of carbonyl (C=O) groups is 1. The monoisotopic (exact) mass is 363 g/mol. The number of ether oxygens (including phenoxy) is 1. The van der Waals surface area contributed by atoms with Gasteiger partial charge in [-0.3, -0.25) is 4.79 Å². The highest BCUT2D eigenvalue weighted by Crippen LogP contribution is 2.25. The summed E-state index contributed by atoms with van der Waals surface area (Å²) in [6, 6.07) is 18.4. The molecule has 0 heterocycles. The molecule has 1 unspecified atom stereocenters. The van der Waals surface area contributed by atoms with E-state index in [0.29, 0.717) is 11.3 Å². The third-order valence-electron chi connectivity index (χ3n) is 4.12. The van der Waals surface area contributed by atoms with E-state index in [4.69, 9.17) is 4.74 Å². The van der Waals surface area contributed by atoms with Gasteiger partial charge in [0.1, 0.15) is 6.04 Å². The number of nitrogens with one attached hydrogen (secondary N) is 2. The van der Waals surface area contributed by atoms with Gasteiger partial charge in [-0.2, -0.15) is 5.10 Å². The number of phenols is 1. The van der Waals surface area contributed by atoms with E-state index in [1.807, 2.05) is 42.5 Å². The van der Waals surface area contributed by atoms with Crippen LogP contribution in [0.1, 0.15) is 12.5 Å². The zero-order valence-electron chi connectivity index (χ0n) is 15.1. The standard InChI is InChI=1S/C21H21N3O3/c1-14(23-18-9-8-16-5-3-4-6-17(16)12-18)21(26)24-22-13-15-7-10-19(25)20(11-15)27-2/h3-14,23,25H,1-2H3,(H,24,26)/b22-13+. The molecule has 138 valence electrons. The van der Waals surface area contributed by atoms with Gasteiger partial charge >= 0.3 is 0 Å². The Morgan fingerprint density at radius 1 is 1.11 bits per heavy atom. The fraction of sp³-hybridized carbons (Fsp3) is 0.143. The molecule has 0 saturated heterocycles. The second-order valence-corrected chi connectivity index (χ2v) is 6.09. The first-order valence-corrected chi connectivity index (χ1v) is 8.52. The van der Waals surface area contributed by atoms with Gasteiger partial charge in [0.05, 0.1) is 13.3 Å². The SMILES string of the molecule is COc1cc(/C=N/NC(=O)C(C)Nc2ccc3ccccc3c2)ccc1O. The molecule has 0 aliphatic heterocycles. The predicted molar refractivity (Wildman–Crippen MR) is 107 cm³/mol. The molecule has 6 heteroatoms. The number of amides is 1. The minimum Gasteiger partial charge on any atom is -0.504 e. The Kier molecular flexibility index (Phi) is 5.56. The van der Waals surface area contributed by atoms with Gasteiger partial charge in [0.2, 0.25) is 0 Å². The zero-order valence-corrected chi connectivity index (χ0v) is 15.1. The summed E-state index contributed by atoms with van der Waals surface area (Å²) in [5.74, 6) is 0.133. The van der Waals surface area contributed by atoms with Crippen molar-refractivity contribution in [2.75, 3.05) is 12.4 Å². The molecule has 3 aromatic carbocycles. The van der Waals surface area contributed by atoms with Gasteiger partial charge in [-0.05, 0) is 53.6 Å². The number of carbonyl (C=O) groups excluding carboxylic acids is 1. The number of hydrogen-bond donors (Lipinski definition) is 3. The van der Waals surface area contributed by atoms with E-state index >= 15 is 0 Å². The lowest BCUT2D eigenvalue weighted by Gasteiger charge is -2.14. The van der Waals surface area contributed by atoms with Gasteiger partial charge < -0.3 is 15.2 Å². The molecule has 1 amide bonds. The molecular weight excluding hydrogens is 342 g/mol. The van der Waals surface area contributed by atoms with Crippen molar-refractivity contribution in [1.82, 2.24) is 5.43 Å². The van der Waals surface area contributed by atoms with Gasteiger partial charge in [-0.1, -0.05) is 30.3 Å². The van der Waals surface area contributed by atoms with Crippen molar-refractivity contribution < 1.29 is 14.6 Å². The topological polar surface area (TPSA) is 83.0 Å². The Morgan fingerprint density at radius 3 is 2.67 bits per heavy atom. The first-order valence-electron chi connectivity index (χ1n) is 8.52. The van der Waals surface area contributed by atoms with Gasteiger partial charge in [0, 0.05) is 5.69 Å². The molecule has 0 fully saturated rings. The van der Waals surface area contributed by atoms with Crippen molar-refractivity contribution >= 4 is 28.6 Å². The number of aromatic hydroxyl groups is 1. The number of phenolic OH excluding ortho intramolecular Hbond substituents is 1. The third kappa shape index (κ3) is 4.55. The van der Waals surface area contributed by atoms with Crippen LogP contribution in [0.4, 0.5) is 5.69 Å². The van der Waals surface area contributed by atoms with Crippen LogP contribution in [0.3, 0.4) is 0 Å². The van der Waals surface area contributed by atoms with Crippen molar-refractivity contribution in [3.8, 4) is 11.5 Å². The second kappa shape index (κ2) is 8.23. The van der Waals surface area contributed by atoms with Crippen LogP contribution in [-0.4, -0.2) is 30.4 Å². The summed E-state index contributed by atoms with van der Waals surface area (Å²) in [6.07, 6.45) is 1.49. The highest BCUT2D eigenvalue weighted by molar-refractivity contribution is 5.89. The number of benzene rings is 3. The van der Waals surface area contributed by atoms with E-state index in [2.05, 4.69) is 15.8 Å². The van der Waals surface area contributed by atoms with E-state index in [1.54, 1.807) is 19.1 Å². The third-order valence-corrected chi connectivity index (χ3v) is 4.12. The smallest absolute Gasteiger partial charge is 0.262 e. The van der Waals surface area contributed by atoms with Gasteiger partial charge in [0.25, 0.3) is 5.91 Å². The Balaban J connectivity index is 1.59. The fourth-order valence-electron chi connectivity index (χ4n) is 2.64. The van der Waals surface area contributed by atoms with Crippen LogP contribution in [0.25, 0.3) is 10.8 Å². The van der Waals surface area contributed by atoms with Crippen LogP contribution < -0.4 is 15.5 Å². The highest BCUT2D eigenvalue weighted by atomic mass is 16.5. The average molecular weight is 363 g/mol. The van der Waals surface area contributed by atoms with Gasteiger partial charge in [-0.25, -0.2) is 5.43 Å². The minimum absolute atomic E-state index is 0.0480. The summed E-state index contributed by atoms with van der Waals surface area (Å²) in [4.78, 5) is 12.2. The molecule has 27 heavy (non-hydrogen) atoms. The molecular formula is C21H21N3O3. The Morgan fingerprint density at radius 2 is 1.89 bits per heavy atom. The molecule has 0 spiro atoms. The van der Waals surface area contributed by atoms with E-state index in [1.165, 1.54) is 19.4 Å². The maximum atomic E-state index is 12.2. The van der Waals surface area contributed by atoms with Crippen molar-refractivity contribution in [3.05, 3.63) is 66.2 Å². The normalized spacial score (nSPS) is 12.1. The van der Waals surface area contributed by atoms with E-state index in [0.717, 1.165) is 16.5 Å². The maximum Gasteiger partial charge on any atom is 0.262 e. The molecule has 3 aromatic rings. The summed E-state index contributed by atoms with van der Waals surface area (Å²) in [5.41, 5.74) is 4.06. The zero-order chi connectivity index (χ0) is 19.2. The molecule has 0 saturated carbocycles. The lowest BCUT2D eigenvalue weighted by molar-refractivity contribution is -0.121. The average Bonchev–Trinajstić information content (AvgIpc) is 2.69. The second-order valence-electron chi connectivity index (χ2n) is 6.09. The van der Waals surface area contributed by atoms with Crippen LogP contribution >= 0.6 is 0 Å². The highest BCUT2D eigenvalue weighted by Gasteiger charge is 2.12. The van der Waals surface area contributed by atoms with Crippen molar-refractivity contribution in [2.45, 2.75) is 13.0 Å². The summed E-state index contributed by atoms with van der Waals surface area (Å²) >= 11 is 0. The van der Waals surface area contributed by atoms with E-state index < -0.39 is 6.04 Å². The van der Waals surface area contributed by atoms with Crippen LogP contribution in [-0.2, 0) is 4.79 Å². The van der Waals surface area contributed by atoms with Crippen LogP contribution in [0, 0.1) is 0 Å². The molecule has 3 rings (SSSR count). The van der Waals surface area contributed by atoms with E-state index in [9.17, 15) is 9.90 Å². The lowest BCUT2D eigenvalue weighted by Crippen LogP contribution is -2.34. The molecule has 1 atom stereocenters. The summed E-state index contributed by atoms with van der Waals surface area (Å²) in [7, 11) is 1.47. The minimum atomic E-state index is -0.460. The molecule has 0 aromatic heterocycles. The number of anilines is 1. The molecule has 0 bridgehead atoms. The van der Waals surface area contributed by atoms with E-state index in [-0.39, 0.29) is 11.7 Å². The number of fused-ring (bicyclic) bond motifs is 1. The lowest BCUT2D eigenvalue weighted by atomic mass is 10.1. The van der Waals surface area contributed by atoms with Crippen LogP contribution in [0.15, 0.2) is 65.8 Å². The number of nitrogens with zero attached hydrogens (tertiary/aromatic N) is 1. The maximum absolute atomic E-state index is 12.2. The largest absolute Gasteiger partial charge is 0.504 e. The summed E-state index contributed by atoms with van der Waals surface area (Å²) in [6.45, 7) is 1.77. The summed E-state index contributed by atoms with van der Waals surface area (Å²) < 4.78 is 5.04. The first kappa shape index (κ1) is 18.3. The van der Waals surface area contributed by atoms with Gasteiger partial charge in [0.15, 0.2) is 11.5 Å². The molecule has 0 aliphatic carbocycles. The number of hydrazone groups is 1. The number of rotatable bonds is 6. The Hall–Kier alpha value is -3.54. The molecule has 0 aliphatic rings. The van der Waals surface area contributed by atoms with Crippen LogP contribution in [0.2, 0.25) is 0 Å². The van der Waals surface area contributed by atoms with Gasteiger partial charge in [-0.15, -0.1) is 0 Å². The molecule has 6 nitrogen and oxygen atoms in total. The molecule has 0 radical (unpaired) electrons. The fourth-order valence-corrected chi connectivity index (χ4v) is 2.64. The quantitative estimate of drug-likeness (QED) is 0.462. The Labute approximate surface area is 157 Å².